The Hall–Kier alpha value is -1.36. The Kier molecular flexibility index (Phi) is 2.66. The second kappa shape index (κ2) is 4.09. The Morgan fingerprint density at radius 3 is 2.61 bits per heavy atom. The molecule has 0 saturated heterocycles. The largest absolute Gasteiger partial charge is 0.294 e. The molecule has 0 aromatic heterocycles. The van der Waals surface area contributed by atoms with Crippen molar-refractivity contribution in [1.82, 2.24) is 0 Å². The Labute approximate surface area is 107 Å². The molecule has 1 heterocycles. The molecule has 96 valence electrons. The van der Waals surface area contributed by atoms with E-state index in [1.807, 2.05) is 0 Å². The van der Waals surface area contributed by atoms with Crippen LogP contribution < -0.4 is 4.31 Å². The Morgan fingerprint density at radius 2 is 1.89 bits per heavy atom. The molecule has 0 unspecified atom stereocenters. The van der Waals surface area contributed by atoms with Gasteiger partial charge in [-0.25, -0.2) is 8.42 Å². The predicted molar refractivity (Wildman–Crippen MR) is 69.3 cm³/mol. The molecule has 1 fully saturated rings. The zero-order valence-corrected chi connectivity index (χ0v) is 10.8. The number of sulfonamides is 1. The van der Waals surface area contributed by atoms with E-state index in [1.165, 1.54) is 4.31 Å². The van der Waals surface area contributed by atoms with Gasteiger partial charge < -0.3 is 0 Å². The smallest absolute Gasteiger partial charge is 0.238 e. The van der Waals surface area contributed by atoms with E-state index in [-0.39, 0.29) is 11.0 Å². The molecule has 0 atom stereocenters. The van der Waals surface area contributed by atoms with Gasteiger partial charge in [-0.1, -0.05) is 12.1 Å². The van der Waals surface area contributed by atoms with Crippen LogP contribution in [0.25, 0.3) is 0 Å². The SMILES string of the molecule is O=C1CCCN(S(=O)(=O)C2CC2)c2ccccc21. The number of rotatable bonds is 2. The first-order chi connectivity index (χ1) is 8.60. The minimum atomic E-state index is -3.27. The van der Waals surface area contributed by atoms with E-state index < -0.39 is 10.0 Å². The summed E-state index contributed by atoms with van der Waals surface area (Å²) in [4.78, 5) is 11.9. The fourth-order valence-electron chi connectivity index (χ4n) is 2.38. The molecular formula is C13H15NO3S. The molecule has 0 N–H and O–H groups in total. The average Bonchev–Trinajstić information content (AvgIpc) is 3.17. The number of nitrogens with zero attached hydrogens (tertiary/aromatic N) is 1. The molecule has 0 bridgehead atoms. The summed E-state index contributed by atoms with van der Waals surface area (Å²) in [5.74, 6) is 0.0408. The number of benzene rings is 1. The summed E-state index contributed by atoms with van der Waals surface area (Å²) in [6, 6.07) is 7.02. The number of fused-ring (bicyclic) bond motifs is 1. The second-order valence-electron chi connectivity index (χ2n) is 4.86. The molecule has 1 aromatic carbocycles. The molecule has 0 spiro atoms. The van der Waals surface area contributed by atoms with E-state index in [0.717, 1.165) is 12.8 Å². The van der Waals surface area contributed by atoms with Crippen molar-refractivity contribution in [2.75, 3.05) is 10.8 Å². The maximum Gasteiger partial charge on any atom is 0.238 e. The van der Waals surface area contributed by atoms with Gasteiger partial charge in [-0.2, -0.15) is 0 Å². The quantitative estimate of drug-likeness (QED) is 0.821. The van der Waals surface area contributed by atoms with Crippen molar-refractivity contribution < 1.29 is 13.2 Å². The lowest BCUT2D eigenvalue weighted by Gasteiger charge is -2.23. The van der Waals surface area contributed by atoms with Gasteiger partial charge >= 0.3 is 0 Å². The van der Waals surface area contributed by atoms with Gasteiger partial charge in [0.05, 0.1) is 10.9 Å². The van der Waals surface area contributed by atoms with Crippen molar-refractivity contribution in [1.29, 1.82) is 0 Å². The van der Waals surface area contributed by atoms with Gasteiger partial charge in [0.1, 0.15) is 0 Å². The number of ketones is 1. The van der Waals surface area contributed by atoms with Crippen molar-refractivity contribution in [3.63, 3.8) is 0 Å². The van der Waals surface area contributed by atoms with Crippen LogP contribution in [0, 0.1) is 0 Å². The average molecular weight is 265 g/mol. The molecule has 0 amide bonds. The van der Waals surface area contributed by atoms with Gasteiger partial charge in [0, 0.05) is 18.5 Å². The summed E-state index contributed by atoms with van der Waals surface area (Å²) < 4.78 is 26.2. The lowest BCUT2D eigenvalue weighted by atomic mass is 10.1. The molecule has 5 heteroatoms. The molecule has 1 aliphatic carbocycles. The van der Waals surface area contributed by atoms with Crippen LogP contribution >= 0.6 is 0 Å². The summed E-state index contributed by atoms with van der Waals surface area (Å²) in [5.41, 5.74) is 1.10. The van der Waals surface area contributed by atoms with Gasteiger partial charge in [-0.3, -0.25) is 9.10 Å². The zero-order valence-electron chi connectivity index (χ0n) is 10.0. The molecule has 1 saturated carbocycles. The summed E-state index contributed by atoms with van der Waals surface area (Å²) in [6.45, 7) is 0.418. The van der Waals surface area contributed by atoms with Crippen LogP contribution in [0.4, 0.5) is 5.69 Å². The van der Waals surface area contributed by atoms with Gasteiger partial charge in [-0.05, 0) is 31.4 Å². The molecule has 4 nitrogen and oxygen atoms in total. The molecule has 1 aromatic rings. The summed E-state index contributed by atoms with van der Waals surface area (Å²) in [7, 11) is -3.27. The standard InChI is InChI=1S/C13H15NO3S/c15-13-6-3-9-14(18(16,17)10-7-8-10)12-5-2-1-4-11(12)13/h1-2,4-5,10H,3,6-9H2. The first-order valence-corrected chi connectivity index (χ1v) is 7.75. The molecule has 3 rings (SSSR count). The monoisotopic (exact) mass is 265 g/mol. The van der Waals surface area contributed by atoms with Crippen molar-refractivity contribution in [2.45, 2.75) is 30.9 Å². The highest BCUT2D eigenvalue weighted by molar-refractivity contribution is 7.93. The molecule has 1 aliphatic heterocycles. The van der Waals surface area contributed by atoms with Crippen LogP contribution in [0.15, 0.2) is 24.3 Å². The number of carbonyl (C=O) groups is 1. The van der Waals surface area contributed by atoms with E-state index in [1.54, 1.807) is 24.3 Å². The first kappa shape index (κ1) is 11.7. The van der Waals surface area contributed by atoms with E-state index in [0.29, 0.717) is 30.6 Å². The minimum absolute atomic E-state index is 0.0408. The number of anilines is 1. The van der Waals surface area contributed by atoms with Crippen molar-refractivity contribution in [2.24, 2.45) is 0 Å². The van der Waals surface area contributed by atoms with Crippen LogP contribution in [0.1, 0.15) is 36.0 Å². The highest BCUT2D eigenvalue weighted by Gasteiger charge is 2.41. The fraction of sp³-hybridized carbons (Fsp3) is 0.462. The van der Waals surface area contributed by atoms with Crippen LogP contribution in [0.3, 0.4) is 0 Å². The van der Waals surface area contributed by atoms with Crippen molar-refractivity contribution in [3.8, 4) is 0 Å². The van der Waals surface area contributed by atoms with Gasteiger partial charge in [0.15, 0.2) is 5.78 Å². The maximum atomic E-state index is 12.4. The number of carbonyl (C=O) groups excluding carboxylic acids is 1. The molecule has 2 aliphatic rings. The van der Waals surface area contributed by atoms with Crippen LogP contribution in [-0.4, -0.2) is 26.0 Å². The van der Waals surface area contributed by atoms with Gasteiger partial charge in [-0.15, -0.1) is 0 Å². The second-order valence-corrected chi connectivity index (χ2v) is 7.00. The Morgan fingerprint density at radius 1 is 1.17 bits per heavy atom. The van der Waals surface area contributed by atoms with Crippen LogP contribution in [0.2, 0.25) is 0 Å². The Balaban J connectivity index is 2.11. The van der Waals surface area contributed by atoms with Gasteiger partial charge in [0.25, 0.3) is 0 Å². The van der Waals surface area contributed by atoms with E-state index >= 15 is 0 Å². The number of para-hydroxylation sites is 1. The highest BCUT2D eigenvalue weighted by Crippen LogP contribution is 2.36. The summed E-state index contributed by atoms with van der Waals surface area (Å²) in [5, 5.41) is -0.237. The fourth-order valence-corrected chi connectivity index (χ4v) is 4.28. The predicted octanol–water partition coefficient (Wildman–Crippen LogP) is 1.96. The third kappa shape index (κ3) is 1.82. The first-order valence-electron chi connectivity index (χ1n) is 6.24. The maximum absolute atomic E-state index is 12.4. The normalized spacial score (nSPS) is 20.4. The number of hydrogen-bond acceptors (Lipinski definition) is 3. The van der Waals surface area contributed by atoms with Crippen LogP contribution in [-0.2, 0) is 10.0 Å². The lowest BCUT2D eigenvalue weighted by molar-refractivity contribution is 0.0984. The minimum Gasteiger partial charge on any atom is -0.294 e. The van der Waals surface area contributed by atoms with Crippen molar-refractivity contribution in [3.05, 3.63) is 29.8 Å². The zero-order chi connectivity index (χ0) is 12.8. The third-order valence-corrected chi connectivity index (χ3v) is 5.80. The molecular weight excluding hydrogens is 250 g/mol. The van der Waals surface area contributed by atoms with E-state index in [9.17, 15) is 13.2 Å². The van der Waals surface area contributed by atoms with Gasteiger partial charge in [0.2, 0.25) is 10.0 Å². The number of hydrogen-bond donors (Lipinski definition) is 0. The third-order valence-electron chi connectivity index (χ3n) is 3.49. The van der Waals surface area contributed by atoms with E-state index in [4.69, 9.17) is 0 Å². The van der Waals surface area contributed by atoms with Crippen molar-refractivity contribution >= 4 is 21.5 Å². The van der Waals surface area contributed by atoms with E-state index in [2.05, 4.69) is 0 Å². The lowest BCUT2D eigenvalue weighted by Crippen LogP contribution is -2.34. The van der Waals surface area contributed by atoms with Crippen LogP contribution in [0.5, 0.6) is 0 Å². The topological polar surface area (TPSA) is 54.5 Å². The number of Topliss-reactive ketones (excluding diaryl/α,β-unsaturated/α-hetero) is 1. The highest BCUT2D eigenvalue weighted by atomic mass is 32.2. The summed E-state index contributed by atoms with van der Waals surface area (Å²) >= 11 is 0. The molecule has 18 heavy (non-hydrogen) atoms. The molecule has 0 radical (unpaired) electrons. The Bertz CT molecular complexity index is 590. The summed E-state index contributed by atoms with van der Waals surface area (Å²) in [6.07, 6.45) is 2.51.